The van der Waals surface area contributed by atoms with E-state index in [1.54, 1.807) is 0 Å². The molecular weight excluding hydrogens is 411 g/mol. The minimum atomic E-state index is -1.30. The SMILES string of the molecule is COCO[C@@H]1C(=O)OCC12C13[C@H]4C[C@@]2(C(C)(C)C)O[C@]1(C[C@@H](Cl)[C@@H]3Cl)C(=O)O4. The van der Waals surface area contributed by atoms with Crippen molar-refractivity contribution in [3.8, 4) is 0 Å². The molecule has 7 nitrogen and oxygen atoms in total. The first-order chi connectivity index (χ1) is 13.1. The Hall–Kier alpha value is -0.600. The van der Waals surface area contributed by atoms with Crippen LogP contribution in [0.3, 0.4) is 0 Å². The molecule has 2 saturated carbocycles. The van der Waals surface area contributed by atoms with Crippen LogP contribution >= 0.6 is 23.2 Å². The van der Waals surface area contributed by atoms with E-state index in [0.717, 1.165) is 0 Å². The summed E-state index contributed by atoms with van der Waals surface area (Å²) in [5.41, 5.74) is -4.69. The topological polar surface area (TPSA) is 80.3 Å². The normalized spacial score (nSPS) is 53.8. The lowest BCUT2D eigenvalue weighted by atomic mass is 9.52. The fourth-order valence-electron chi connectivity index (χ4n) is 7.21. The van der Waals surface area contributed by atoms with Gasteiger partial charge in [0.2, 0.25) is 0 Å². The van der Waals surface area contributed by atoms with Gasteiger partial charge in [-0.15, -0.1) is 23.2 Å². The van der Waals surface area contributed by atoms with E-state index in [1.807, 2.05) is 20.8 Å². The summed E-state index contributed by atoms with van der Waals surface area (Å²) in [4.78, 5) is 26.0. The minimum absolute atomic E-state index is 0.0409. The summed E-state index contributed by atoms with van der Waals surface area (Å²) in [7, 11) is 1.48. The van der Waals surface area contributed by atoms with Crippen molar-refractivity contribution < 1.29 is 33.3 Å². The number of carbonyl (C=O) groups excluding carboxylic acids is 2. The van der Waals surface area contributed by atoms with E-state index in [9.17, 15) is 9.59 Å². The summed E-state index contributed by atoms with van der Waals surface area (Å²) in [6.45, 7) is 6.05. The summed E-state index contributed by atoms with van der Waals surface area (Å²) in [6.07, 6.45) is -0.845. The molecular formula is C19H24Cl2O7. The van der Waals surface area contributed by atoms with Gasteiger partial charge in [-0.3, -0.25) is 0 Å². The Morgan fingerprint density at radius 1 is 1.21 bits per heavy atom. The lowest BCUT2D eigenvalue weighted by molar-refractivity contribution is -0.208. The fourth-order valence-corrected chi connectivity index (χ4v) is 8.23. The first kappa shape index (κ1) is 19.4. The standard InChI is InChI=1S/C19H24Cl2O7/c1-15(2,3)18-6-10-19(16(18)7-25-13(22)12(16)26-8-24-4)11(21)9(20)5-17(19,28-18)14(23)27-10/h9-12H,5-8H2,1-4H3/t9-,10-,11+,12-,16?,17-,18+,19?/m1/s1. The molecule has 0 radical (unpaired) electrons. The number of ether oxygens (including phenoxy) is 5. The van der Waals surface area contributed by atoms with Crippen LogP contribution in [0.25, 0.3) is 0 Å². The van der Waals surface area contributed by atoms with Gasteiger partial charge in [0.05, 0.1) is 27.2 Å². The molecule has 0 aromatic rings. The van der Waals surface area contributed by atoms with Crippen LogP contribution in [0.1, 0.15) is 33.6 Å². The Kier molecular flexibility index (Phi) is 3.70. The van der Waals surface area contributed by atoms with Crippen molar-refractivity contribution in [1.29, 1.82) is 0 Å². The van der Waals surface area contributed by atoms with Crippen molar-refractivity contribution in [1.82, 2.24) is 0 Å². The summed E-state index contributed by atoms with van der Waals surface area (Å²) in [6, 6.07) is 0. The second kappa shape index (κ2) is 5.35. The first-order valence-electron chi connectivity index (χ1n) is 9.52. The number of cyclic esters (lactones) is 1. The van der Waals surface area contributed by atoms with Crippen LogP contribution in [-0.2, 0) is 33.3 Å². The molecule has 5 aliphatic rings. The molecule has 8 atom stereocenters. The summed E-state index contributed by atoms with van der Waals surface area (Å²) in [5, 5.41) is -1.13. The van der Waals surface area contributed by atoms with Gasteiger partial charge >= 0.3 is 11.9 Å². The first-order valence-corrected chi connectivity index (χ1v) is 10.4. The van der Waals surface area contributed by atoms with Crippen LogP contribution < -0.4 is 0 Å². The highest BCUT2D eigenvalue weighted by Crippen LogP contribution is 2.85. The highest BCUT2D eigenvalue weighted by molar-refractivity contribution is 6.32. The maximum absolute atomic E-state index is 13.1. The van der Waals surface area contributed by atoms with Crippen molar-refractivity contribution in [3.05, 3.63) is 0 Å². The highest BCUT2D eigenvalue weighted by atomic mass is 35.5. The number of halogens is 2. The fraction of sp³-hybridized carbons (Fsp3) is 0.895. The monoisotopic (exact) mass is 434 g/mol. The van der Waals surface area contributed by atoms with E-state index in [1.165, 1.54) is 7.11 Å². The average Bonchev–Trinajstić information content (AvgIpc) is 3.24. The number of esters is 2. The molecule has 156 valence electrons. The maximum atomic E-state index is 13.1. The van der Waals surface area contributed by atoms with Crippen molar-refractivity contribution in [2.24, 2.45) is 16.2 Å². The van der Waals surface area contributed by atoms with Crippen LogP contribution in [0.4, 0.5) is 0 Å². The Labute approximate surface area is 173 Å². The molecule has 2 aliphatic carbocycles. The lowest BCUT2D eigenvalue weighted by Gasteiger charge is -2.50. The molecule has 3 aliphatic heterocycles. The van der Waals surface area contributed by atoms with E-state index in [4.69, 9.17) is 46.9 Å². The summed E-state index contributed by atoms with van der Waals surface area (Å²) in [5.74, 6) is -0.944. The maximum Gasteiger partial charge on any atom is 0.339 e. The number of rotatable bonds is 3. The van der Waals surface area contributed by atoms with Crippen molar-refractivity contribution in [2.45, 2.75) is 67.8 Å². The van der Waals surface area contributed by atoms with Crippen molar-refractivity contribution in [3.63, 3.8) is 0 Å². The quantitative estimate of drug-likeness (QED) is 0.381. The number of methoxy groups -OCH3 is 1. The zero-order valence-corrected chi connectivity index (χ0v) is 17.8. The predicted molar refractivity (Wildman–Crippen MR) is 97.0 cm³/mol. The molecule has 9 heteroatoms. The van der Waals surface area contributed by atoms with Gasteiger partial charge in [-0.25, -0.2) is 9.59 Å². The highest BCUT2D eigenvalue weighted by Gasteiger charge is 3.00. The predicted octanol–water partition coefficient (Wildman–Crippen LogP) is 2.01. The zero-order chi connectivity index (χ0) is 20.3. The van der Waals surface area contributed by atoms with E-state index >= 15 is 0 Å². The number of alkyl halides is 2. The Morgan fingerprint density at radius 2 is 1.93 bits per heavy atom. The van der Waals surface area contributed by atoms with Gasteiger partial charge in [-0.05, 0) is 5.41 Å². The second-order valence-corrected chi connectivity index (χ2v) is 10.7. The van der Waals surface area contributed by atoms with Gasteiger partial charge in [-0.1, -0.05) is 20.8 Å². The van der Waals surface area contributed by atoms with Crippen LogP contribution in [0.2, 0.25) is 0 Å². The minimum Gasteiger partial charge on any atom is -0.463 e. The van der Waals surface area contributed by atoms with Gasteiger partial charge in [0.1, 0.15) is 19.5 Å². The Morgan fingerprint density at radius 3 is 2.57 bits per heavy atom. The average molecular weight is 435 g/mol. The molecule has 2 spiro atoms. The number of hydrogen-bond donors (Lipinski definition) is 0. The molecule has 0 amide bonds. The summed E-state index contributed by atoms with van der Waals surface area (Å²) >= 11 is 13.6. The van der Waals surface area contributed by atoms with Crippen LogP contribution in [0, 0.1) is 16.2 Å². The Bertz CT molecular complexity index is 768. The molecule has 2 bridgehead atoms. The molecule has 0 aromatic carbocycles. The number of carbonyl (C=O) groups is 2. The zero-order valence-electron chi connectivity index (χ0n) is 16.3. The van der Waals surface area contributed by atoms with Crippen molar-refractivity contribution >= 4 is 35.1 Å². The smallest absolute Gasteiger partial charge is 0.339 e. The van der Waals surface area contributed by atoms with Crippen LogP contribution in [0.5, 0.6) is 0 Å². The third kappa shape index (κ3) is 1.59. The molecule has 0 N–H and O–H groups in total. The third-order valence-corrected chi connectivity index (χ3v) is 9.12. The molecule has 5 fully saturated rings. The Balaban J connectivity index is 1.82. The van der Waals surface area contributed by atoms with Gasteiger partial charge in [0, 0.05) is 20.0 Å². The van der Waals surface area contributed by atoms with Crippen LogP contribution in [-0.4, -0.2) is 66.6 Å². The van der Waals surface area contributed by atoms with Gasteiger partial charge in [-0.2, -0.15) is 0 Å². The molecule has 5 rings (SSSR count). The van der Waals surface area contributed by atoms with E-state index in [-0.39, 0.29) is 19.8 Å². The van der Waals surface area contributed by atoms with E-state index in [0.29, 0.717) is 6.42 Å². The molecule has 0 aromatic heterocycles. The third-order valence-electron chi connectivity index (χ3n) is 7.94. The molecule has 2 unspecified atom stereocenters. The van der Waals surface area contributed by atoms with E-state index < -0.39 is 62.3 Å². The van der Waals surface area contributed by atoms with Crippen LogP contribution in [0.15, 0.2) is 0 Å². The van der Waals surface area contributed by atoms with Crippen molar-refractivity contribution in [2.75, 3.05) is 20.5 Å². The van der Waals surface area contributed by atoms with Gasteiger partial charge in [0.15, 0.2) is 11.7 Å². The summed E-state index contributed by atoms with van der Waals surface area (Å²) < 4.78 is 29.2. The molecule has 3 heterocycles. The van der Waals surface area contributed by atoms with Gasteiger partial charge in [0.25, 0.3) is 0 Å². The largest absolute Gasteiger partial charge is 0.463 e. The lowest BCUT2D eigenvalue weighted by Crippen LogP contribution is -2.63. The number of hydrogen-bond acceptors (Lipinski definition) is 7. The molecule has 3 saturated heterocycles. The second-order valence-electron chi connectivity index (χ2n) is 9.63. The van der Waals surface area contributed by atoms with E-state index in [2.05, 4.69) is 0 Å². The molecule has 28 heavy (non-hydrogen) atoms. The van der Waals surface area contributed by atoms with Gasteiger partial charge < -0.3 is 23.7 Å².